The van der Waals surface area contributed by atoms with Crippen LogP contribution in [-0.4, -0.2) is 11.1 Å². The molecule has 0 bridgehead atoms. The van der Waals surface area contributed by atoms with Gasteiger partial charge in [-0.1, -0.05) is 88.3 Å². The van der Waals surface area contributed by atoms with Crippen molar-refractivity contribution in [1.82, 2.24) is 0 Å². The van der Waals surface area contributed by atoms with Crippen LogP contribution in [-0.2, 0) is 6.42 Å². The molecule has 3 aromatic carbocycles. The van der Waals surface area contributed by atoms with Crippen molar-refractivity contribution in [2.45, 2.75) is 64.7 Å². The molecule has 0 aliphatic heterocycles. The minimum absolute atomic E-state index is 0.120. The zero-order chi connectivity index (χ0) is 22.6. The molecule has 0 fully saturated rings. The average Bonchev–Trinajstić information content (AvgIpc) is 2.82. The first-order valence-corrected chi connectivity index (χ1v) is 11.9. The van der Waals surface area contributed by atoms with E-state index in [1.807, 2.05) is 24.3 Å². The lowest BCUT2D eigenvalue weighted by Gasteiger charge is -2.07. The highest BCUT2D eigenvalue weighted by atomic mass is 16.5. The van der Waals surface area contributed by atoms with Crippen molar-refractivity contribution in [2.24, 2.45) is 0 Å². The molecule has 0 heterocycles. The summed E-state index contributed by atoms with van der Waals surface area (Å²) >= 11 is 0. The number of ether oxygens (including phenoxy) is 1. The molecule has 0 radical (unpaired) electrons. The van der Waals surface area contributed by atoms with Gasteiger partial charge < -0.3 is 9.84 Å². The first-order valence-electron chi connectivity index (χ1n) is 11.9. The van der Waals surface area contributed by atoms with Gasteiger partial charge in [-0.2, -0.15) is 0 Å². The lowest BCUT2D eigenvalue weighted by molar-refractivity contribution is 0.0735. The molecule has 0 atom stereocenters. The SMILES string of the molecule is CCCCCCCCCCc1ccc(-c2ccc(OC(=O)c3ccc(O)cc3)cc2)cc1. The summed E-state index contributed by atoms with van der Waals surface area (Å²) in [7, 11) is 0. The van der Waals surface area contributed by atoms with Crippen LogP contribution >= 0.6 is 0 Å². The predicted molar refractivity (Wildman–Crippen MR) is 131 cm³/mol. The van der Waals surface area contributed by atoms with Gasteiger partial charge in [0.25, 0.3) is 0 Å². The number of phenolic OH excluding ortho intramolecular Hbond substituents is 1. The van der Waals surface area contributed by atoms with E-state index in [1.54, 1.807) is 12.1 Å². The van der Waals surface area contributed by atoms with Crippen LogP contribution in [0, 0.1) is 0 Å². The summed E-state index contributed by atoms with van der Waals surface area (Å²) in [5.41, 5.74) is 4.03. The minimum Gasteiger partial charge on any atom is -0.508 e. The van der Waals surface area contributed by atoms with E-state index >= 15 is 0 Å². The van der Waals surface area contributed by atoms with Gasteiger partial charge in [0.1, 0.15) is 11.5 Å². The fourth-order valence-electron chi connectivity index (χ4n) is 3.81. The van der Waals surface area contributed by atoms with E-state index in [9.17, 15) is 9.90 Å². The van der Waals surface area contributed by atoms with Gasteiger partial charge in [-0.3, -0.25) is 0 Å². The molecule has 0 spiro atoms. The molecule has 3 rings (SSSR count). The summed E-state index contributed by atoms with van der Waals surface area (Å²) < 4.78 is 5.42. The molecule has 0 aliphatic carbocycles. The number of phenols is 1. The van der Waals surface area contributed by atoms with Gasteiger partial charge in [0.2, 0.25) is 0 Å². The predicted octanol–water partition coefficient (Wildman–Crippen LogP) is 7.96. The van der Waals surface area contributed by atoms with Crippen molar-refractivity contribution in [3.63, 3.8) is 0 Å². The Morgan fingerprint density at radius 3 is 1.81 bits per heavy atom. The van der Waals surface area contributed by atoms with Crippen molar-refractivity contribution in [3.05, 3.63) is 83.9 Å². The van der Waals surface area contributed by atoms with Crippen molar-refractivity contribution < 1.29 is 14.6 Å². The lowest BCUT2D eigenvalue weighted by Crippen LogP contribution is -2.07. The number of esters is 1. The number of aromatic hydroxyl groups is 1. The van der Waals surface area contributed by atoms with Crippen LogP contribution < -0.4 is 4.74 Å². The monoisotopic (exact) mass is 430 g/mol. The summed E-state index contributed by atoms with van der Waals surface area (Å²) in [6.07, 6.45) is 11.9. The molecule has 0 saturated heterocycles. The summed E-state index contributed by atoms with van der Waals surface area (Å²) in [4.78, 5) is 12.2. The van der Waals surface area contributed by atoms with Crippen molar-refractivity contribution in [2.75, 3.05) is 0 Å². The maximum absolute atomic E-state index is 12.2. The van der Waals surface area contributed by atoms with Crippen molar-refractivity contribution >= 4 is 5.97 Å². The molecule has 0 unspecified atom stereocenters. The summed E-state index contributed by atoms with van der Waals surface area (Å²) in [5, 5.41) is 9.33. The Kier molecular flexibility index (Phi) is 9.37. The third-order valence-corrected chi connectivity index (χ3v) is 5.77. The van der Waals surface area contributed by atoms with Crippen LogP contribution in [0.3, 0.4) is 0 Å². The number of unbranched alkanes of at least 4 members (excludes halogenated alkanes) is 7. The summed E-state index contributed by atoms with van der Waals surface area (Å²) in [5.74, 6) is 0.177. The largest absolute Gasteiger partial charge is 0.508 e. The molecule has 168 valence electrons. The molecule has 0 saturated carbocycles. The number of hydrogen-bond acceptors (Lipinski definition) is 3. The lowest BCUT2D eigenvalue weighted by atomic mass is 10.0. The van der Waals surface area contributed by atoms with Crippen LogP contribution in [0.4, 0.5) is 0 Å². The van der Waals surface area contributed by atoms with Crippen LogP contribution in [0.1, 0.15) is 74.2 Å². The quantitative estimate of drug-likeness (QED) is 0.180. The van der Waals surface area contributed by atoms with Crippen molar-refractivity contribution in [3.8, 4) is 22.6 Å². The van der Waals surface area contributed by atoms with Crippen LogP contribution in [0.5, 0.6) is 11.5 Å². The Hall–Kier alpha value is -3.07. The molecule has 3 aromatic rings. The van der Waals surface area contributed by atoms with Gasteiger partial charge in [-0.05, 0) is 65.9 Å². The number of carbonyl (C=O) groups excluding carboxylic acids is 1. The molecule has 1 N–H and O–H groups in total. The second-order valence-corrected chi connectivity index (χ2v) is 8.38. The van der Waals surface area contributed by atoms with Gasteiger partial charge in [-0.15, -0.1) is 0 Å². The van der Waals surface area contributed by atoms with E-state index in [0.717, 1.165) is 17.5 Å². The maximum Gasteiger partial charge on any atom is 0.343 e. The minimum atomic E-state index is -0.442. The van der Waals surface area contributed by atoms with E-state index in [4.69, 9.17) is 4.74 Å². The van der Waals surface area contributed by atoms with Gasteiger partial charge in [0.05, 0.1) is 5.56 Å². The second kappa shape index (κ2) is 12.7. The van der Waals surface area contributed by atoms with E-state index < -0.39 is 5.97 Å². The second-order valence-electron chi connectivity index (χ2n) is 8.38. The van der Waals surface area contributed by atoms with E-state index in [2.05, 4.69) is 31.2 Å². The standard InChI is InChI=1S/C29H34O3/c1-2-3-4-5-6-7-8-9-10-23-11-13-24(14-12-23)25-17-21-28(22-18-25)32-29(31)26-15-19-27(30)20-16-26/h11-22,30H,2-10H2,1H3. The number of carbonyl (C=O) groups is 1. The van der Waals surface area contributed by atoms with Crippen LogP contribution in [0.15, 0.2) is 72.8 Å². The van der Waals surface area contributed by atoms with E-state index in [0.29, 0.717) is 11.3 Å². The zero-order valence-corrected chi connectivity index (χ0v) is 19.1. The van der Waals surface area contributed by atoms with Gasteiger partial charge in [0.15, 0.2) is 0 Å². The third-order valence-electron chi connectivity index (χ3n) is 5.77. The molecular weight excluding hydrogens is 396 g/mol. The van der Waals surface area contributed by atoms with E-state index in [1.165, 1.54) is 69.1 Å². The zero-order valence-electron chi connectivity index (χ0n) is 19.1. The van der Waals surface area contributed by atoms with Crippen molar-refractivity contribution in [1.29, 1.82) is 0 Å². The number of benzene rings is 3. The number of hydrogen-bond donors (Lipinski definition) is 1. The normalized spacial score (nSPS) is 10.8. The Labute approximate surface area is 192 Å². The molecule has 0 amide bonds. The Bertz CT molecular complexity index is 941. The average molecular weight is 431 g/mol. The Morgan fingerprint density at radius 1 is 0.688 bits per heavy atom. The van der Waals surface area contributed by atoms with E-state index in [-0.39, 0.29) is 5.75 Å². The molecule has 3 nitrogen and oxygen atoms in total. The summed E-state index contributed by atoms with van der Waals surface area (Å²) in [6, 6.07) is 22.3. The molecule has 3 heteroatoms. The van der Waals surface area contributed by atoms with Crippen LogP contribution in [0.2, 0.25) is 0 Å². The highest BCUT2D eigenvalue weighted by molar-refractivity contribution is 5.91. The summed E-state index contributed by atoms with van der Waals surface area (Å²) in [6.45, 7) is 2.26. The van der Waals surface area contributed by atoms with Gasteiger partial charge in [0, 0.05) is 0 Å². The first kappa shape index (κ1) is 23.6. The maximum atomic E-state index is 12.2. The van der Waals surface area contributed by atoms with Crippen LogP contribution in [0.25, 0.3) is 11.1 Å². The Morgan fingerprint density at radius 2 is 1.22 bits per heavy atom. The number of aryl methyl sites for hydroxylation is 1. The fraction of sp³-hybridized carbons (Fsp3) is 0.345. The molecule has 32 heavy (non-hydrogen) atoms. The van der Waals surface area contributed by atoms with Gasteiger partial charge in [-0.25, -0.2) is 4.79 Å². The Balaban J connectivity index is 1.44. The molecule has 0 aromatic heterocycles. The highest BCUT2D eigenvalue weighted by Crippen LogP contribution is 2.24. The molecular formula is C29H34O3. The topological polar surface area (TPSA) is 46.5 Å². The third kappa shape index (κ3) is 7.56. The molecule has 0 aliphatic rings. The smallest absolute Gasteiger partial charge is 0.343 e. The number of rotatable bonds is 12. The van der Waals surface area contributed by atoms with Gasteiger partial charge >= 0.3 is 5.97 Å². The fourth-order valence-corrected chi connectivity index (χ4v) is 3.81. The highest BCUT2D eigenvalue weighted by Gasteiger charge is 2.09. The first-order chi connectivity index (χ1) is 15.7.